The van der Waals surface area contributed by atoms with Crippen molar-refractivity contribution in [2.75, 3.05) is 13.2 Å². The molecule has 6 nitrogen and oxygen atoms in total. The van der Waals surface area contributed by atoms with Crippen LogP contribution in [-0.4, -0.2) is 37.2 Å². The molecule has 0 bridgehead atoms. The Morgan fingerprint density at radius 2 is 0.532 bits per heavy atom. The predicted octanol–water partition coefficient (Wildman–Crippen LogP) is 22.0. The summed E-state index contributed by atoms with van der Waals surface area (Å²) in [6.45, 7) is 6.43. The lowest BCUT2D eigenvalue weighted by atomic mass is 10.0. The van der Waals surface area contributed by atoms with Crippen LogP contribution in [0.1, 0.15) is 290 Å². The Kier molecular flexibility index (Phi) is 60.8. The molecule has 0 saturated carbocycles. The van der Waals surface area contributed by atoms with Gasteiger partial charge in [0.15, 0.2) is 6.10 Å². The second-order valence-corrected chi connectivity index (χ2v) is 20.9. The monoisotopic (exact) mass is 1070 g/mol. The maximum atomic E-state index is 12.9. The van der Waals surface area contributed by atoms with Gasteiger partial charge < -0.3 is 14.2 Å². The van der Waals surface area contributed by atoms with Crippen LogP contribution in [0.15, 0.2) is 122 Å². The summed E-state index contributed by atoms with van der Waals surface area (Å²) in [6.07, 6.45) is 89.3. The number of ether oxygens (including phenoxy) is 3. The van der Waals surface area contributed by atoms with Crippen molar-refractivity contribution in [1.82, 2.24) is 0 Å². The fourth-order valence-corrected chi connectivity index (χ4v) is 8.69. The highest BCUT2D eigenvalue weighted by Gasteiger charge is 2.19. The molecule has 0 rings (SSSR count). The van der Waals surface area contributed by atoms with Crippen LogP contribution in [0.25, 0.3) is 0 Å². The van der Waals surface area contributed by atoms with E-state index in [1.54, 1.807) is 0 Å². The Labute approximate surface area is 475 Å². The van der Waals surface area contributed by atoms with Gasteiger partial charge in [0.2, 0.25) is 0 Å². The van der Waals surface area contributed by atoms with E-state index in [4.69, 9.17) is 14.2 Å². The first-order chi connectivity index (χ1) is 38.0. The topological polar surface area (TPSA) is 78.9 Å². The van der Waals surface area contributed by atoms with Gasteiger partial charge in [0.25, 0.3) is 0 Å². The van der Waals surface area contributed by atoms with Crippen LogP contribution in [0.2, 0.25) is 0 Å². The van der Waals surface area contributed by atoms with E-state index in [2.05, 4.69) is 136 Å². The molecule has 0 aliphatic carbocycles. The summed E-state index contributed by atoms with van der Waals surface area (Å²) in [5, 5.41) is 0. The van der Waals surface area contributed by atoms with Crippen molar-refractivity contribution >= 4 is 17.9 Å². The van der Waals surface area contributed by atoms with Crippen LogP contribution >= 0.6 is 0 Å². The fourth-order valence-electron chi connectivity index (χ4n) is 8.69. The average molecular weight is 1070 g/mol. The number of esters is 3. The highest BCUT2D eigenvalue weighted by molar-refractivity contribution is 5.71. The number of carbonyl (C=O) groups excluding carboxylic acids is 3. The lowest BCUT2D eigenvalue weighted by Gasteiger charge is -2.18. The van der Waals surface area contributed by atoms with Crippen molar-refractivity contribution in [2.45, 2.75) is 297 Å². The zero-order valence-electron chi connectivity index (χ0n) is 50.2. The first kappa shape index (κ1) is 72.8. The number of hydrogen-bond acceptors (Lipinski definition) is 6. The van der Waals surface area contributed by atoms with Crippen LogP contribution in [0.4, 0.5) is 0 Å². The highest BCUT2D eigenvalue weighted by atomic mass is 16.6. The summed E-state index contributed by atoms with van der Waals surface area (Å²) in [6, 6.07) is 0. The predicted molar refractivity (Wildman–Crippen MR) is 334 cm³/mol. The normalized spacial score (nSPS) is 12.9. The molecule has 0 unspecified atom stereocenters. The molecule has 0 fully saturated rings. The summed E-state index contributed by atoms with van der Waals surface area (Å²) in [5.41, 5.74) is 0. The van der Waals surface area contributed by atoms with Gasteiger partial charge in [-0.2, -0.15) is 0 Å². The van der Waals surface area contributed by atoms with Gasteiger partial charge in [-0.25, -0.2) is 0 Å². The molecular formula is C71H118O6. The minimum Gasteiger partial charge on any atom is -0.462 e. The fraction of sp³-hybridized carbons (Fsp3) is 0.676. The molecule has 0 aromatic carbocycles. The van der Waals surface area contributed by atoms with Gasteiger partial charge in [-0.15, -0.1) is 0 Å². The summed E-state index contributed by atoms with van der Waals surface area (Å²) < 4.78 is 16.8. The highest BCUT2D eigenvalue weighted by Crippen LogP contribution is 2.16. The van der Waals surface area contributed by atoms with E-state index in [0.717, 1.165) is 103 Å². The lowest BCUT2D eigenvalue weighted by Crippen LogP contribution is -2.30. The van der Waals surface area contributed by atoms with Gasteiger partial charge in [0, 0.05) is 19.3 Å². The van der Waals surface area contributed by atoms with Crippen molar-refractivity contribution in [1.29, 1.82) is 0 Å². The van der Waals surface area contributed by atoms with Crippen LogP contribution in [0.3, 0.4) is 0 Å². The molecule has 0 radical (unpaired) electrons. The van der Waals surface area contributed by atoms with Gasteiger partial charge in [0.05, 0.1) is 0 Å². The van der Waals surface area contributed by atoms with Crippen LogP contribution in [0.5, 0.6) is 0 Å². The number of hydrogen-bond donors (Lipinski definition) is 0. The molecule has 438 valence electrons. The molecule has 0 aliphatic rings. The van der Waals surface area contributed by atoms with E-state index < -0.39 is 12.1 Å². The van der Waals surface area contributed by atoms with Gasteiger partial charge >= 0.3 is 17.9 Å². The van der Waals surface area contributed by atoms with E-state index in [-0.39, 0.29) is 31.6 Å². The number of unbranched alkanes of at least 4 members (excludes halogenated alkanes) is 26. The molecule has 0 aliphatic heterocycles. The van der Waals surface area contributed by atoms with Crippen LogP contribution in [-0.2, 0) is 28.6 Å². The molecule has 0 N–H and O–H groups in total. The lowest BCUT2D eigenvalue weighted by molar-refractivity contribution is -0.166. The molecule has 0 aromatic heterocycles. The van der Waals surface area contributed by atoms with Crippen molar-refractivity contribution in [3.8, 4) is 0 Å². The Morgan fingerprint density at radius 1 is 0.273 bits per heavy atom. The summed E-state index contributed by atoms with van der Waals surface area (Å²) >= 11 is 0. The van der Waals surface area contributed by atoms with Gasteiger partial charge in [-0.05, 0) is 103 Å². The van der Waals surface area contributed by atoms with E-state index in [1.807, 2.05) is 6.08 Å². The molecular weight excluding hydrogens is 949 g/mol. The van der Waals surface area contributed by atoms with Crippen molar-refractivity contribution in [2.24, 2.45) is 0 Å². The molecule has 0 heterocycles. The summed E-state index contributed by atoms with van der Waals surface area (Å²) in [7, 11) is 0. The Morgan fingerprint density at radius 3 is 0.870 bits per heavy atom. The quantitative estimate of drug-likeness (QED) is 0.0261. The smallest absolute Gasteiger partial charge is 0.306 e. The number of rotatable bonds is 57. The van der Waals surface area contributed by atoms with E-state index in [9.17, 15) is 14.4 Å². The maximum absolute atomic E-state index is 12.9. The third-order valence-corrected chi connectivity index (χ3v) is 13.5. The van der Waals surface area contributed by atoms with Crippen molar-refractivity contribution in [3.05, 3.63) is 122 Å². The average Bonchev–Trinajstić information content (AvgIpc) is 3.43. The summed E-state index contributed by atoms with van der Waals surface area (Å²) in [4.78, 5) is 38.3. The molecule has 77 heavy (non-hydrogen) atoms. The molecule has 1 atom stereocenters. The zero-order valence-corrected chi connectivity index (χ0v) is 50.2. The Hall–Kier alpha value is -4.19. The van der Waals surface area contributed by atoms with Crippen molar-refractivity contribution in [3.63, 3.8) is 0 Å². The molecule has 0 aromatic rings. The SMILES string of the molecule is CC/C=C\C/C=C\C/C=C\C/C=C\C/C=C\CCCCCC(=O)OC[C@H](COC(=O)CCCCCCCCCCCCCCCCCCCCCCC)OC(=O)CC/C=C\C/C=C\C/C=C\C/C=C\C/C=C\CCCCC. The molecule has 0 amide bonds. The third-order valence-electron chi connectivity index (χ3n) is 13.5. The minimum atomic E-state index is -0.835. The maximum Gasteiger partial charge on any atom is 0.306 e. The van der Waals surface area contributed by atoms with Crippen LogP contribution < -0.4 is 0 Å². The number of allylic oxidation sites excluding steroid dienone is 20. The standard InChI is InChI=1S/C71H118O6/c1-4-7-10-13-16-19-22-25-28-31-34-35-38-40-43-46-49-52-55-58-61-64-70(73)76-67-68(77-71(74)65-62-59-56-53-50-47-44-41-37-33-30-27-24-21-18-15-12-9-6-3)66-75-69(72)63-60-57-54-51-48-45-42-39-36-32-29-26-23-20-17-14-11-8-5-2/h8,11,17-18,20-21,26-27,29-30,36-37,39,41,45,47-48,50,56,59,68H,4-7,9-10,12-16,19,22-25,28,31-35,38,40,42-44,46,49,51-55,57-58,60-67H2,1-3H3/b11-8-,20-17-,21-18-,29-26-,30-27-,39-36-,41-37-,48-45-,50-47-,59-56-/t68-/m1/s1. The van der Waals surface area contributed by atoms with Gasteiger partial charge in [0.1, 0.15) is 13.2 Å². The van der Waals surface area contributed by atoms with E-state index in [0.29, 0.717) is 19.3 Å². The second kappa shape index (κ2) is 64.3. The molecule has 0 saturated heterocycles. The molecule has 6 heteroatoms. The van der Waals surface area contributed by atoms with E-state index >= 15 is 0 Å². The third kappa shape index (κ3) is 62.5. The van der Waals surface area contributed by atoms with E-state index in [1.165, 1.54) is 141 Å². The Bertz CT molecular complexity index is 1600. The first-order valence-corrected chi connectivity index (χ1v) is 32.0. The van der Waals surface area contributed by atoms with Gasteiger partial charge in [-0.1, -0.05) is 290 Å². The molecule has 0 spiro atoms. The second-order valence-electron chi connectivity index (χ2n) is 20.9. The van der Waals surface area contributed by atoms with Gasteiger partial charge in [-0.3, -0.25) is 14.4 Å². The Balaban J connectivity index is 4.52. The van der Waals surface area contributed by atoms with Crippen LogP contribution in [0, 0.1) is 0 Å². The first-order valence-electron chi connectivity index (χ1n) is 32.0. The largest absolute Gasteiger partial charge is 0.462 e. The minimum absolute atomic E-state index is 0.119. The zero-order chi connectivity index (χ0) is 55.7. The van der Waals surface area contributed by atoms with Crippen molar-refractivity contribution < 1.29 is 28.6 Å². The number of carbonyl (C=O) groups is 3. The summed E-state index contributed by atoms with van der Waals surface area (Å²) in [5.74, 6) is -1.03.